The zero-order chi connectivity index (χ0) is 20.3. The van der Waals surface area contributed by atoms with Crippen molar-refractivity contribution in [2.45, 2.75) is 20.5 Å². The van der Waals surface area contributed by atoms with Crippen LogP contribution in [0.25, 0.3) is 0 Å². The van der Waals surface area contributed by atoms with Crippen LogP contribution in [0.4, 0.5) is 11.4 Å². The molecule has 0 fully saturated rings. The van der Waals surface area contributed by atoms with Crippen LogP contribution in [0, 0.1) is 24.0 Å². The van der Waals surface area contributed by atoms with E-state index in [0.29, 0.717) is 11.5 Å². The van der Waals surface area contributed by atoms with E-state index in [-0.39, 0.29) is 22.3 Å². The molecule has 0 aliphatic carbocycles. The highest BCUT2D eigenvalue weighted by Gasteiger charge is 2.15. The molecule has 28 heavy (non-hydrogen) atoms. The summed E-state index contributed by atoms with van der Waals surface area (Å²) in [6, 6.07) is 11.6. The first-order chi connectivity index (χ1) is 13.3. The lowest BCUT2D eigenvalue weighted by atomic mass is 10.1. The number of nitro benzene ring substituents is 1. The van der Waals surface area contributed by atoms with Crippen LogP contribution in [-0.4, -0.2) is 10.8 Å². The van der Waals surface area contributed by atoms with Crippen LogP contribution in [0.5, 0.6) is 5.75 Å². The molecule has 0 spiro atoms. The van der Waals surface area contributed by atoms with Crippen molar-refractivity contribution >= 4 is 40.2 Å². The van der Waals surface area contributed by atoms with Crippen molar-refractivity contribution in [3.8, 4) is 5.75 Å². The maximum Gasteiger partial charge on any atom is 0.271 e. The molecule has 1 amide bonds. The lowest BCUT2D eigenvalue weighted by Crippen LogP contribution is -2.10. The maximum absolute atomic E-state index is 12.5. The normalized spacial score (nSPS) is 10.5. The summed E-state index contributed by atoms with van der Waals surface area (Å²) in [6.45, 7) is 4.34. The number of halogens is 1. The molecule has 0 radical (unpaired) electrons. The number of nitrogens with zero attached hydrogens (tertiary/aromatic N) is 1. The SMILES string of the molecule is Cc1ccc(OCc2csc(C(=O)Nc3cc([N+](=O)[O-])ccc3Cl)c2)c(C)c1. The summed E-state index contributed by atoms with van der Waals surface area (Å²) in [4.78, 5) is 23.3. The third-order valence-corrected chi connectivity index (χ3v) is 5.32. The Morgan fingerprint density at radius 1 is 1.21 bits per heavy atom. The van der Waals surface area contributed by atoms with Gasteiger partial charge in [0.25, 0.3) is 11.6 Å². The van der Waals surface area contributed by atoms with Crippen LogP contribution in [0.3, 0.4) is 0 Å². The fourth-order valence-corrected chi connectivity index (χ4v) is 3.56. The highest BCUT2D eigenvalue weighted by atomic mass is 35.5. The lowest BCUT2D eigenvalue weighted by Gasteiger charge is -2.08. The molecule has 6 nitrogen and oxygen atoms in total. The Balaban J connectivity index is 1.67. The summed E-state index contributed by atoms with van der Waals surface area (Å²) in [5, 5.41) is 15.6. The molecule has 1 heterocycles. The van der Waals surface area contributed by atoms with Gasteiger partial charge in [0.15, 0.2) is 0 Å². The first-order valence-electron chi connectivity index (χ1n) is 8.36. The number of hydrogen-bond acceptors (Lipinski definition) is 5. The van der Waals surface area contributed by atoms with Crippen molar-refractivity contribution in [1.29, 1.82) is 0 Å². The first-order valence-corrected chi connectivity index (χ1v) is 9.62. The number of amides is 1. The minimum absolute atomic E-state index is 0.145. The van der Waals surface area contributed by atoms with Crippen LogP contribution in [0.2, 0.25) is 5.02 Å². The summed E-state index contributed by atoms with van der Waals surface area (Å²) < 4.78 is 5.83. The van der Waals surface area contributed by atoms with Crippen LogP contribution in [0.15, 0.2) is 47.8 Å². The first kappa shape index (κ1) is 19.9. The van der Waals surface area contributed by atoms with E-state index in [0.717, 1.165) is 16.9 Å². The van der Waals surface area contributed by atoms with Gasteiger partial charge >= 0.3 is 0 Å². The van der Waals surface area contributed by atoms with Gasteiger partial charge < -0.3 is 10.1 Å². The van der Waals surface area contributed by atoms with Gasteiger partial charge in [0.2, 0.25) is 0 Å². The Kier molecular flexibility index (Phi) is 5.96. The molecule has 0 bridgehead atoms. The molecular weight excluding hydrogens is 400 g/mol. The molecule has 0 aliphatic rings. The maximum atomic E-state index is 12.5. The van der Waals surface area contributed by atoms with Gasteiger partial charge in [0.1, 0.15) is 12.4 Å². The standard InChI is InChI=1S/C20H17ClN2O4S/c1-12-3-6-18(13(2)7-12)27-10-14-8-19(28-11-14)20(24)22-17-9-15(23(25)26)4-5-16(17)21/h3-9,11H,10H2,1-2H3,(H,22,24). The van der Waals surface area contributed by atoms with Gasteiger partial charge in [-0.1, -0.05) is 29.3 Å². The van der Waals surface area contributed by atoms with Crippen LogP contribution in [-0.2, 0) is 6.61 Å². The minimum atomic E-state index is -0.542. The molecule has 0 atom stereocenters. The molecule has 3 rings (SSSR count). The van der Waals surface area contributed by atoms with E-state index < -0.39 is 4.92 Å². The molecule has 0 unspecified atom stereocenters. The molecule has 144 valence electrons. The van der Waals surface area contributed by atoms with Crippen molar-refractivity contribution in [2.75, 3.05) is 5.32 Å². The van der Waals surface area contributed by atoms with E-state index in [2.05, 4.69) is 5.32 Å². The Bertz CT molecular complexity index is 1050. The lowest BCUT2D eigenvalue weighted by molar-refractivity contribution is -0.384. The van der Waals surface area contributed by atoms with E-state index in [4.69, 9.17) is 16.3 Å². The Morgan fingerprint density at radius 3 is 2.71 bits per heavy atom. The van der Waals surface area contributed by atoms with Gasteiger partial charge in [-0.05, 0) is 43.0 Å². The van der Waals surface area contributed by atoms with E-state index in [9.17, 15) is 14.9 Å². The van der Waals surface area contributed by atoms with E-state index >= 15 is 0 Å². The van der Waals surface area contributed by atoms with Crippen molar-refractivity contribution in [2.24, 2.45) is 0 Å². The molecule has 1 N–H and O–H groups in total. The monoisotopic (exact) mass is 416 g/mol. The van der Waals surface area contributed by atoms with Crippen LogP contribution >= 0.6 is 22.9 Å². The highest BCUT2D eigenvalue weighted by molar-refractivity contribution is 7.12. The van der Waals surface area contributed by atoms with E-state index in [1.54, 1.807) is 6.07 Å². The van der Waals surface area contributed by atoms with Gasteiger partial charge in [-0.2, -0.15) is 0 Å². The van der Waals surface area contributed by atoms with Crippen molar-refractivity contribution in [3.05, 3.63) is 84.5 Å². The molecule has 0 saturated heterocycles. The van der Waals surface area contributed by atoms with E-state index in [1.807, 2.05) is 37.4 Å². The fraction of sp³-hybridized carbons (Fsp3) is 0.150. The summed E-state index contributed by atoms with van der Waals surface area (Å²) in [5.74, 6) is 0.413. The van der Waals surface area contributed by atoms with Gasteiger partial charge in [-0.25, -0.2) is 0 Å². The summed E-state index contributed by atoms with van der Waals surface area (Å²) in [6.07, 6.45) is 0. The van der Waals surface area contributed by atoms with Gasteiger partial charge in [0, 0.05) is 17.7 Å². The number of carbonyl (C=O) groups is 1. The number of rotatable bonds is 6. The molecule has 2 aromatic carbocycles. The quantitative estimate of drug-likeness (QED) is 0.409. The number of aryl methyl sites for hydroxylation is 2. The molecule has 8 heteroatoms. The minimum Gasteiger partial charge on any atom is -0.489 e. The second-order valence-electron chi connectivity index (χ2n) is 6.25. The number of thiophene rings is 1. The predicted octanol–water partition coefficient (Wildman–Crippen LogP) is 5.76. The summed E-state index contributed by atoms with van der Waals surface area (Å²) in [5.41, 5.74) is 3.13. The van der Waals surface area contributed by atoms with Crippen LogP contribution in [0.1, 0.15) is 26.4 Å². The Labute approximate surface area is 170 Å². The van der Waals surface area contributed by atoms with Crippen molar-refractivity contribution in [3.63, 3.8) is 0 Å². The third-order valence-electron chi connectivity index (χ3n) is 4.01. The molecule has 1 aromatic heterocycles. The predicted molar refractivity (Wildman–Crippen MR) is 111 cm³/mol. The number of nitro groups is 1. The number of non-ortho nitro benzene ring substituents is 1. The second-order valence-corrected chi connectivity index (χ2v) is 7.57. The number of hydrogen-bond donors (Lipinski definition) is 1. The molecule has 0 aliphatic heterocycles. The number of nitrogens with one attached hydrogen (secondary N) is 1. The van der Waals surface area contributed by atoms with E-state index in [1.165, 1.54) is 35.1 Å². The third kappa shape index (κ3) is 4.68. The average molecular weight is 417 g/mol. The Hall–Kier alpha value is -2.90. The molecule has 0 saturated carbocycles. The highest BCUT2D eigenvalue weighted by Crippen LogP contribution is 2.28. The topological polar surface area (TPSA) is 81.5 Å². The smallest absolute Gasteiger partial charge is 0.271 e. The fourth-order valence-electron chi connectivity index (χ4n) is 2.60. The molecular formula is C20H17ClN2O4S. The summed E-state index contributed by atoms with van der Waals surface area (Å²) >= 11 is 7.29. The average Bonchev–Trinajstić information content (AvgIpc) is 3.12. The number of ether oxygens (including phenoxy) is 1. The van der Waals surface area contributed by atoms with Crippen LogP contribution < -0.4 is 10.1 Å². The zero-order valence-electron chi connectivity index (χ0n) is 15.2. The number of benzene rings is 2. The summed E-state index contributed by atoms with van der Waals surface area (Å²) in [7, 11) is 0. The van der Waals surface area contributed by atoms with Gasteiger partial charge in [-0.3, -0.25) is 14.9 Å². The zero-order valence-corrected chi connectivity index (χ0v) is 16.8. The largest absolute Gasteiger partial charge is 0.489 e. The number of anilines is 1. The number of carbonyl (C=O) groups excluding carboxylic acids is 1. The van der Waals surface area contributed by atoms with Gasteiger partial charge in [0.05, 0.1) is 20.5 Å². The van der Waals surface area contributed by atoms with Gasteiger partial charge in [-0.15, -0.1) is 11.3 Å². The molecule has 3 aromatic rings. The second kappa shape index (κ2) is 8.41. The van der Waals surface area contributed by atoms with Crippen molar-refractivity contribution < 1.29 is 14.5 Å². The Morgan fingerprint density at radius 2 is 2.00 bits per heavy atom. The van der Waals surface area contributed by atoms with Crippen molar-refractivity contribution in [1.82, 2.24) is 0 Å².